The van der Waals surface area contributed by atoms with Crippen LogP contribution in [-0.2, 0) is 14.9 Å². The van der Waals surface area contributed by atoms with Gasteiger partial charge < -0.3 is 14.8 Å². The summed E-state index contributed by atoms with van der Waals surface area (Å²) in [7, 11) is 1.32. The van der Waals surface area contributed by atoms with Gasteiger partial charge in [0.1, 0.15) is 5.75 Å². The Morgan fingerprint density at radius 2 is 1.62 bits per heavy atom. The van der Waals surface area contributed by atoms with Gasteiger partial charge in [-0.2, -0.15) is 0 Å². The first kappa shape index (κ1) is 20.8. The van der Waals surface area contributed by atoms with Crippen molar-refractivity contribution in [2.45, 2.75) is 43.9 Å². The highest BCUT2D eigenvalue weighted by atomic mass is 16.5. The third-order valence-electron chi connectivity index (χ3n) is 7.48. The molecule has 6 rings (SSSR count). The third-order valence-corrected chi connectivity index (χ3v) is 7.48. The minimum Gasteiger partial charge on any atom is -0.465 e. The Balaban J connectivity index is 1.18. The standard InChI is InChI=1S/C27H29NO4/c1-31-26(30)21-3-2-4-23(14-21)28-25(29)9-10-32-24-7-5-22(6-8-24)27-15-18-11-19(16-27)13-20(12-18)17-27/h2-10,14,18-20H,11-13,15-17H2,1H3,(H,28,29). The van der Waals surface area contributed by atoms with Gasteiger partial charge in [-0.15, -0.1) is 0 Å². The van der Waals surface area contributed by atoms with Crippen LogP contribution in [0.5, 0.6) is 5.75 Å². The molecule has 5 nitrogen and oxygen atoms in total. The maximum absolute atomic E-state index is 12.2. The molecule has 2 aromatic carbocycles. The van der Waals surface area contributed by atoms with Crippen molar-refractivity contribution >= 4 is 17.6 Å². The summed E-state index contributed by atoms with van der Waals surface area (Å²) in [5.74, 6) is 2.70. The van der Waals surface area contributed by atoms with Crippen LogP contribution in [0.2, 0.25) is 0 Å². The normalized spacial score (nSPS) is 28.0. The van der Waals surface area contributed by atoms with Crippen molar-refractivity contribution in [2.24, 2.45) is 17.8 Å². The lowest BCUT2D eigenvalue weighted by Gasteiger charge is -2.57. The summed E-state index contributed by atoms with van der Waals surface area (Å²) in [5.41, 5.74) is 2.73. The molecule has 0 radical (unpaired) electrons. The number of nitrogens with one attached hydrogen (secondary N) is 1. The van der Waals surface area contributed by atoms with Crippen molar-refractivity contribution in [3.8, 4) is 5.75 Å². The second-order valence-corrected chi connectivity index (χ2v) is 9.70. The largest absolute Gasteiger partial charge is 0.465 e. The number of hydrogen-bond acceptors (Lipinski definition) is 4. The van der Waals surface area contributed by atoms with Crippen molar-refractivity contribution < 1.29 is 19.1 Å². The lowest BCUT2D eigenvalue weighted by Crippen LogP contribution is -2.48. The summed E-state index contributed by atoms with van der Waals surface area (Å²) in [5, 5.41) is 2.72. The number of rotatable bonds is 6. The van der Waals surface area contributed by atoms with Gasteiger partial charge >= 0.3 is 5.97 Å². The zero-order valence-electron chi connectivity index (χ0n) is 18.4. The molecular formula is C27H29NO4. The summed E-state index contributed by atoms with van der Waals surface area (Å²) in [4.78, 5) is 23.8. The zero-order chi connectivity index (χ0) is 22.1. The number of amides is 1. The van der Waals surface area contributed by atoms with Crippen LogP contribution in [0.4, 0.5) is 5.69 Å². The van der Waals surface area contributed by atoms with Gasteiger partial charge in [0.2, 0.25) is 0 Å². The Kier molecular flexibility index (Phi) is 5.50. The molecule has 0 spiro atoms. The van der Waals surface area contributed by atoms with Crippen molar-refractivity contribution in [2.75, 3.05) is 12.4 Å². The van der Waals surface area contributed by atoms with Gasteiger partial charge in [-0.25, -0.2) is 4.79 Å². The average Bonchev–Trinajstić information content (AvgIpc) is 2.78. The molecule has 0 atom stereocenters. The highest BCUT2D eigenvalue weighted by Crippen LogP contribution is 2.60. The van der Waals surface area contributed by atoms with E-state index in [4.69, 9.17) is 9.47 Å². The molecule has 4 saturated carbocycles. The maximum atomic E-state index is 12.2. The summed E-state index contributed by atoms with van der Waals surface area (Å²) in [6.07, 6.45) is 11.1. The first-order valence-corrected chi connectivity index (χ1v) is 11.5. The molecule has 0 heterocycles. The van der Waals surface area contributed by atoms with E-state index in [1.54, 1.807) is 24.3 Å². The second kappa shape index (κ2) is 8.45. The van der Waals surface area contributed by atoms with Gasteiger partial charge in [0.25, 0.3) is 5.91 Å². The minimum atomic E-state index is -0.447. The van der Waals surface area contributed by atoms with Gasteiger partial charge in [-0.05, 0) is 97.6 Å². The van der Waals surface area contributed by atoms with Crippen LogP contribution in [0.25, 0.3) is 0 Å². The van der Waals surface area contributed by atoms with Crippen molar-refractivity contribution in [1.82, 2.24) is 0 Å². The number of benzene rings is 2. The molecule has 1 amide bonds. The topological polar surface area (TPSA) is 64.6 Å². The smallest absolute Gasteiger partial charge is 0.337 e. The Morgan fingerprint density at radius 3 is 2.25 bits per heavy atom. The molecule has 4 fully saturated rings. The average molecular weight is 432 g/mol. The molecule has 0 unspecified atom stereocenters. The number of carbonyl (C=O) groups excluding carboxylic acids is 2. The second-order valence-electron chi connectivity index (χ2n) is 9.70. The van der Waals surface area contributed by atoms with Crippen LogP contribution >= 0.6 is 0 Å². The number of esters is 1. The quantitative estimate of drug-likeness (QED) is 0.374. The van der Waals surface area contributed by atoms with E-state index in [1.807, 2.05) is 12.1 Å². The fourth-order valence-corrected chi connectivity index (χ4v) is 6.55. The van der Waals surface area contributed by atoms with Crippen LogP contribution in [-0.4, -0.2) is 19.0 Å². The third kappa shape index (κ3) is 4.16. The fraction of sp³-hybridized carbons (Fsp3) is 0.407. The molecule has 5 heteroatoms. The van der Waals surface area contributed by atoms with Gasteiger partial charge in [-0.1, -0.05) is 18.2 Å². The van der Waals surface area contributed by atoms with E-state index in [1.165, 1.54) is 63.5 Å². The predicted octanol–water partition coefficient (Wildman–Crippen LogP) is 5.47. The van der Waals surface area contributed by atoms with E-state index >= 15 is 0 Å². The fourth-order valence-electron chi connectivity index (χ4n) is 6.55. The molecule has 0 aromatic heterocycles. The molecule has 32 heavy (non-hydrogen) atoms. The summed E-state index contributed by atoms with van der Waals surface area (Å²) in [6.45, 7) is 0. The first-order chi connectivity index (χ1) is 15.5. The number of hydrogen-bond donors (Lipinski definition) is 1. The molecule has 4 bridgehead atoms. The molecule has 4 aliphatic carbocycles. The molecule has 166 valence electrons. The SMILES string of the molecule is COC(=O)c1cccc(NC(=O)C=COc2ccc(C34CC5CC(CC(C5)C3)C4)cc2)c1. The Labute approximate surface area is 188 Å². The number of ether oxygens (including phenoxy) is 2. The van der Waals surface area contributed by atoms with E-state index in [-0.39, 0.29) is 5.91 Å². The monoisotopic (exact) mass is 431 g/mol. The van der Waals surface area contributed by atoms with Crippen LogP contribution < -0.4 is 10.1 Å². The van der Waals surface area contributed by atoms with Crippen molar-refractivity contribution in [1.29, 1.82) is 0 Å². The van der Waals surface area contributed by atoms with Crippen LogP contribution in [0.1, 0.15) is 54.4 Å². The summed E-state index contributed by atoms with van der Waals surface area (Å²) >= 11 is 0. The van der Waals surface area contributed by atoms with E-state index in [0.717, 1.165) is 23.5 Å². The lowest BCUT2D eigenvalue weighted by molar-refractivity contribution is -0.112. The maximum Gasteiger partial charge on any atom is 0.337 e. The van der Waals surface area contributed by atoms with E-state index in [0.29, 0.717) is 16.7 Å². The number of carbonyl (C=O) groups is 2. The molecule has 2 aromatic rings. The predicted molar refractivity (Wildman–Crippen MR) is 122 cm³/mol. The molecule has 0 saturated heterocycles. The highest BCUT2D eigenvalue weighted by molar-refractivity contribution is 6.00. The molecule has 4 aliphatic rings. The van der Waals surface area contributed by atoms with Crippen LogP contribution in [0.15, 0.2) is 60.9 Å². The van der Waals surface area contributed by atoms with Gasteiger partial charge in [0, 0.05) is 11.8 Å². The summed E-state index contributed by atoms with van der Waals surface area (Å²) < 4.78 is 10.4. The van der Waals surface area contributed by atoms with Crippen LogP contribution in [0, 0.1) is 17.8 Å². The van der Waals surface area contributed by atoms with E-state index in [9.17, 15) is 9.59 Å². The number of anilines is 1. The van der Waals surface area contributed by atoms with Crippen molar-refractivity contribution in [3.63, 3.8) is 0 Å². The van der Waals surface area contributed by atoms with Crippen LogP contribution in [0.3, 0.4) is 0 Å². The van der Waals surface area contributed by atoms with Gasteiger partial charge in [0.15, 0.2) is 0 Å². The van der Waals surface area contributed by atoms with E-state index < -0.39 is 5.97 Å². The molecule has 0 aliphatic heterocycles. The molecular weight excluding hydrogens is 402 g/mol. The van der Waals surface area contributed by atoms with Crippen molar-refractivity contribution in [3.05, 3.63) is 72.0 Å². The zero-order valence-corrected chi connectivity index (χ0v) is 18.4. The van der Waals surface area contributed by atoms with Gasteiger partial charge in [-0.3, -0.25) is 4.79 Å². The molecule has 1 N–H and O–H groups in total. The summed E-state index contributed by atoms with van der Waals surface area (Å²) in [6, 6.07) is 15.1. The Hall–Kier alpha value is -3.08. The lowest BCUT2D eigenvalue weighted by atomic mass is 9.48. The Bertz CT molecular complexity index is 1000. The van der Waals surface area contributed by atoms with E-state index in [2.05, 4.69) is 17.4 Å². The first-order valence-electron chi connectivity index (χ1n) is 11.5. The highest BCUT2D eigenvalue weighted by Gasteiger charge is 2.51. The minimum absolute atomic E-state index is 0.336. The Morgan fingerprint density at radius 1 is 0.969 bits per heavy atom. The van der Waals surface area contributed by atoms with Gasteiger partial charge in [0.05, 0.1) is 18.9 Å². The number of methoxy groups -OCH3 is 1.